The molecule has 1 aliphatic rings. The number of amides is 1. The molecule has 2 aromatic rings. The van der Waals surface area contributed by atoms with Crippen molar-refractivity contribution in [2.45, 2.75) is 25.9 Å². The van der Waals surface area contributed by atoms with Crippen molar-refractivity contribution in [2.24, 2.45) is 11.5 Å². The molecule has 1 amide bonds. The lowest BCUT2D eigenvalue weighted by Crippen LogP contribution is -2.43. The Morgan fingerprint density at radius 1 is 1.24 bits per heavy atom. The number of aryl methyl sites for hydroxylation is 1. The summed E-state index contributed by atoms with van der Waals surface area (Å²) in [5.74, 6) is -2.75. The zero-order valence-corrected chi connectivity index (χ0v) is 17.9. The maximum absolute atomic E-state index is 14.5. The largest absolute Gasteiger partial charge is 0.511 e. The first-order chi connectivity index (χ1) is 15.5. The molecule has 0 unspecified atom stereocenters. The van der Waals surface area contributed by atoms with E-state index in [2.05, 4.69) is 15.8 Å². The van der Waals surface area contributed by atoms with Crippen LogP contribution in [0.15, 0.2) is 23.1 Å². The van der Waals surface area contributed by atoms with Gasteiger partial charge in [-0.3, -0.25) is 14.4 Å². The Hall–Kier alpha value is -3.71. The van der Waals surface area contributed by atoms with Gasteiger partial charge in [0.1, 0.15) is 11.9 Å². The van der Waals surface area contributed by atoms with Crippen LogP contribution in [0, 0.1) is 5.82 Å². The number of fused-ring (bicyclic) bond motifs is 1. The van der Waals surface area contributed by atoms with Gasteiger partial charge in [-0.15, -0.1) is 0 Å². The molecule has 12 nitrogen and oxygen atoms in total. The number of carboxylic acid groups (broad SMARTS) is 2. The third kappa shape index (κ3) is 6.63. The molecule has 1 aromatic carbocycles. The van der Waals surface area contributed by atoms with E-state index in [1.165, 1.54) is 6.20 Å². The van der Waals surface area contributed by atoms with Gasteiger partial charge in [0.15, 0.2) is 5.75 Å². The quantitative estimate of drug-likeness (QED) is 0.359. The number of piperazine rings is 1. The van der Waals surface area contributed by atoms with Crippen LogP contribution in [-0.4, -0.2) is 65.0 Å². The number of nitrogens with zero attached hydrogens (tertiary/aromatic N) is 2. The van der Waals surface area contributed by atoms with Gasteiger partial charge in [0, 0.05) is 32.7 Å². The lowest BCUT2D eigenvalue weighted by atomic mass is 10.1. The van der Waals surface area contributed by atoms with Gasteiger partial charge in [-0.2, -0.15) is 0 Å². The molecular formula is C20H26FN5O7. The lowest BCUT2D eigenvalue weighted by Gasteiger charge is -2.30. The zero-order valence-electron chi connectivity index (χ0n) is 17.9. The number of rotatable bonds is 6. The molecule has 0 bridgehead atoms. The summed E-state index contributed by atoms with van der Waals surface area (Å²) in [6.45, 7) is 5.23. The molecule has 180 valence electrons. The number of anilines is 1. The number of hydrogen-bond acceptors (Lipinski definition) is 8. The predicted octanol–water partition coefficient (Wildman–Crippen LogP) is -0.0994. The molecule has 13 heteroatoms. The number of benzene rings is 1. The summed E-state index contributed by atoms with van der Waals surface area (Å²) in [4.78, 5) is 44.9. The highest BCUT2D eigenvalue weighted by Crippen LogP contribution is 2.26. The fraction of sp³-hybridized carbons (Fsp3) is 0.400. The number of aliphatic carboxylic acids is 1. The van der Waals surface area contributed by atoms with E-state index in [9.17, 15) is 23.6 Å². The number of nitrogens with two attached hydrogens (primary N) is 2. The third-order valence-electron chi connectivity index (χ3n) is 4.85. The van der Waals surface area contributed by atoms with Crippen molar-refractivity contribution in [3.05, 3.63) is 34.4 Å². The minimum absolute atomic E-state index is 0.104. The van der Waals surface area contributed by atoms with Crippen LogP contribution in [0.4, 0.5) is 14.9 Å². The van der Waals surface area contributed by atoms with Crippen molar-refractivity contribution in [3.8, 4) is 5.75 Å². The second-order valence-corrected chi connectivity index (χ2v) is 7.15. The van der Waals surface area contributed by atoms with E-state index >= 15 is 0 Å². The van der Waals surface area contributed by atoms with Crippen LogP contribution in [0.3, 0.4) is 0 Å². The summed E-state index contributed by atoms with van der Waals surface area (Å²) in [5.41, 5.74) is 9.92. The number of aromatic nitrogens is 1. The number of halogens is 1. The van der Waals surface area contributed by atoms with Gasteiger partial charge in [-0.1, -0.05) is 0 Å². The van der Waals surface area contributed by atoms with Gasteiger partial charge in [-0.25, -0.2) is 9.18 Å². The number of hydrogen-bond donors (Lipinski definition) is 5. The molecule has 1 atom stereocenters. The first-order valence-corrected chi connectivity index (χ1v) is 10.0. The Bertz CT molecular complexity index is 1100. The Labute approximate surface area is 187 Å². The minimum Gasteiger partial charge on any atom is -0.480 e. The van der Waals surface area contributed by atoms with Gasteiger partial charge in [0.25, 0.3) is 0 Å². The SMILES string of the molecule is CCn1cc(OC(=O)O)c(=O)c2cc(F)c(N3CCNCC3)cc21.NC(=O)C[C@H](N)C(=O)O. The highest BCUT2D eigenvalue weighted by Gasteiger charge is 2.19. The van der Waals surface area contributed by atoms with E-state index in [0.29, 0.717) is 30.8 Å². The number of carbonyl (C=O) groups excluding carboxylic acids is 1. The van der Waals surface area contributed by atoms with Crippen LogP contribution in [0.25, 0.3) is 10.9 Å². The Morgan fingerprint density at radius 3 is 2.36 bits per heavy atom. The molecule has 2 heterocycles. The van der Waals surface area contributed by atoms with Crippen LogP contribution < -0.4 is 31.8 Å². The van der Waals surface area contributed by atoms with Crippen molar-refractivity contribution < 1.29 is 33.7 Å². The molecule has 1 aromatic heterocycles. The molecular weight excluding hydrogens is 441 g/mol. The van der Waals surface area contributed by atoms with Gasteiger partial charge >= 0.3 is 12.1 Å². The van der Waals surface area contributed by atoms with Crippen LogP contribution in [0.5, 0.6) is 5.75 Å². The van der Waals surface area contributed by atoms with E-state index in [1.807, 2.05) is 11.8 Å². The number of pyridine rings is 1. The molecule has 0 radical (unpaired) electrons. The molecule has 0 aliphatic carbocycles. The van der Waals surface area contributed by atoms with Crippen molar-refractivity contribution in [1.82, 2.24) is 9.88 Å². The topological polar surface area (TPSA) is 190 Å². The van der Waals surface area contributed by atoms with Crippen LogP contribution in [0.2, 0.25) is 0 Å². The summed E-state index contributed by atoms with van der Waals surface area (Å²) >= 11 is 0. The molecule has 1 saturated heterocycles. The fourth-order valence-electron chi connectivity index (χ4n) is 3.25. The summed E-state index contributed by atoms with van der Waals surface area (Å²) in [6, 6.07) is 1.64. The first kappa shape index (κ1) is 25.5. The van der Waals surface area contributed by atoms with Crippen molar-refractivity contribution in [3.63, 3.8) is 0 Å². The van der Waals surface area contributed by atoms with Gasteiger partial charge in [0.05, 0.1) is 29.2 Å². The Morgan fingerprint density at radius 2 is 1.88 bits per heavy atom. The van der Waals surface area contributed by atoms with Gasteiger partial charge in [-0.05, 0) is 19.1 Å². The summed E-state index contributed by atoms with van der Waals surface area (Å²) < 4.78 is 20.8. The summed E-state index contributed by atoms with van der Waals surface area (Å²) in [5, 5.41) is 20.1. The monoisotopic (exact) mass is 467 g/mol. The van der Waals surface area contributed by atoms with E-state index < -0.39 is 35.3 Å². The zero-order chi connectivity index (χ0) is 24.7. The molecule has 1 fully saturated rings. The highest BCUT2D eigenvalue weighted by molar-refractivity contribution is 5.85. The van der Waals surface area contributed by atoms with Crippen molar-refractivity contribution in [2.75, 3.05) is 31.1 Å². The number of primary amides is 1. The average molecular weight is 467 g/mol. The van der Waals surface area contributed by atoms with Crippen LogP contribution in [0.1, 0.15) is 13.3 Å². The average Bonchev–Trinajstić information content (AvgIpc) is 2.76. The summed E-state index contributed by atoms with van der Waals surface area (Å²) in [6.07, 6.45) is -0.542. The molecule has 1 aliphatic heterocycles. The molecule has 7 N–H and O–H groups in total. The number of ether oxygens (including phenoxy) is 1. The number of carboxylic acids is 1. The maximum Gasteiger partial charge on any atom is 0.511 e. The fourth-order valence-corrected chi connectivity index (χ4v) is 3.25. The van der Waals surface area contributed by atoms with E-state index in [1.54, 1.807) is 10.6 Å². The normalized spacial score (nSPS) is 14.2. The lowest BCUT2D eigenvalue weighted by molar-refractivity contribution is -0.140. The van der Waals surface area contributed by atoms with E-state index in [-0.39, 0.29) is 17.6 Å². The van der Waals surface area contributed by atoms with Crippen LogP contribution >= 0.6 is 0 Å². The standard InChI is InChI=1S/C16H18FN3O4.C4H8N2O3/c1-2-19-9-14(24-16(22)23)15(21)10-7-11(17)13(8-12(10)19)20-5-3-18-4-6-20;5-2(4(8)9)1-3(6)7/h7-9,18H,2-6H2,1H3,(H,22,23);2H,1,5H2,(H2,6,7)(H,8,9)/t;2-/m.0/s1. The van der Waals surface area contributed by atoms with Crippen molar-refractivity contribution >= 4 is 34.6 Å². The summed E-state index contributed by atoms with van der Waals surface area (Å²) in [7, 11) is 0. The highest BCUT2D eigenvalue weighted by atomic mass is 19.1. The van der Waals surface area contributed by atoms with E-state index in [4.69, 9.17) is 15.9 Å². The second kappa shape index (κ2) is 11.2. The molecule has 3 rings (SSSR count). The van der Waals surface area contributed by atoms with Crippen LogP contribution in [-0.2, 0) is 16.1 Å². The Kier molecular flexibility index (Phi) is 8.70. The minimum atomic E-state index is -1.58. The predicted molar refractivity (Wildman–Crippen MR) is 117 cm³/mol. The van der Waals surface area contributed by atoms with Gasteiger partial charge in [0.2, 0.25) is 11.3 Å². The molecule has 0 spiro atoms. The molecule has 33 heavy (non-hydrogen) atoms. The van der Waals surface area contributed by atoms with Gasteiger partial charge < -0.3 is 41.2 Å². The smallest absolute Gasteiger partial charge is 0.480 e. The first-order valence-electron chi connectivity index (χ1n) is 10.0. The van der Waals surface area contributed by atoms with E-state index in [0.717, 1.165) is 19.2 Å². The second-order valence-electron chi connectivity index (χ2n) is 7.15. The van der Waals surface area contributed by atoms with Crippen molar-refractivity contribution in [1.29, 1.82) is 0 Å². The maximum atomic E-state index is 14.5. The Balaban J connectivity index is 0.000000365. The number of carbonyl (C=O) groups is 3. The third-order valence-corrected chi connectivity index (χ3v) is 4.85. The molecule has 0 saturated carbocycles. The number of nitrogens with one attached hydrogen (secondary N) is 1.